The number of aromatic carboxylic acids is 1. The van der Waals surface area contributed by atoms with E-state index in [2.05, 4.69) is 28.9 Å². The molecule has 0 spiro atoms. The number of aryl methyl sites for hydroxylation is 1. The molecule has 4 aromatic rings. The Labute approximate surface area is 243 Å². The first kappa shape index (κ1) is 27.3. The van der Waals surface area contributed by atoms with Crippen molar-refractivity contribution in [3.63, 3.8) is 0 Å². The molecule has 1 aromatic heterocycles. The van der Waals surface area contributed by atoms with E-state index in [1.807, 2.05) is 41.3 Å². The van der Waals surface area contributed by atoms with Crippen molar-refractivity contribution in [1.82, 2.24) is 9.47 Å². The van der Waals surface area contributed by atoms with Gasteiger partial charge in [0, 0.05) is 50.3 Å². The summed E-state index contributed by atoms with van der Waals surface area (Å²) in [6.45, 7) is 7.53. The van der Waals surface area contributed by atoms with Crippen LogP contribution in [0.3, 0.4) is 0 Å². The van der Waals surface area contributed by atoms with Crippen molar-refractivity contribution in [3.8, 4) is 5.69 Å². The van der Waals surface area contributed by atoms with Crippen LogP contribution >= 0.6 is 11.6 Å². The number of aromatic nitrogens is 1. The van der Waals surface area contributed by atoms with Gasteiger partial charge in [0.1, 0.15) is 11.4 Å². The monoisotopic (exact) mass is 574 g/mol. The summed E-state index contributed by atoms with van der Waals surface area (Å²) in [7, 11) is 0. The first-order valence-electron chi connectivity index (χ1n) is 14.0. The van der Waals surface area contributed by atoms with Crippen molar-refractivity contribution < 1.29 is 14.3 Å². The number of benzene rings is 3. The highest BCUT2D eigenvalue weighted by Crippen LogP contribution is 2.37. The Balaban J connectivity index is 1.39. The summed E-state index contributed by atoms with van der Waals surface area (Å²) < 4.78 is 17.3. The molecule has 2 aliphatic heterocycles. The fourth-order valence-corrected chi connectivity index (χ4v) is 6.50. The molecule has 0 amide bonds. The molecule has 2 aliphatic rings. The third kappa shape index (κ3) is 5.18. The van der Waals surface area contributed by atoms with E-state index in [1.165, 1.54) is 24.6 Å². The van der Waals surface area contributed by atoms with Crippen molar-refractivity contribution >= 4 is 39.8 Å². The molecule has 0 bridgehead atoms. The Bertz CT molecular complexity index is 1670. The minimum absolute atomic E-state index is 0.0594. The van der Waals surface area contributed by atoms with Gasteiger partial charge in [-0.05, 0) is 68.2 Å². The summed E-state index contributed by atoms with van der Waals surface area (Å²) >= 11 is 6.95. The van der Waals surface area contributed by atoms with E-state index >= 15 is 4.39 Å². The van der Waals surface area contributed by atoms with Crippen LogP contribution in [0.5, 0.6) is 0 Å². The van der Waals surface area contributed by atoms with Crippen molar-refractivity contribution in [2.75, 3.05) is 49.1 Å². The van der Waals surface area contributed by atoms with Crippen LogP contribution in [0.15, 0.2) is 65.6 Å². The van der Waals surface area contributed by atoms with Gasteiger partial charge in [-0.3, -0.25) is 9.69 Å². The molecule has 6 rings (SSSR count). The number of fused-ring (bicyclic) bond motifs is 1. The summed E-state index contributed by atoms with van der Waals surface area (Å²) in [4.78, 5) is 31.8. The van der Waals surface area contributed by atoms with Crippen molar-refractivity contribution in [2.45, 2.75) is 26.3 Å². The molecule has 0 saturated carbocycles. The zero-order valence-corrected chi connectivity index (χ0v) is 23.7. The van der Waals surface area contributed by atoms with Crippen LogP contribution in [0.2, 0.25) is 5.02 Å². The number of likely N-dealkylation sites (tertiary alicyclic amines) is 1. The van der Waals surface area contributed by atoms with Gasteiger partial charge in [-0.1, -0.05) is 41.9 Å². The molecule has 7 nitrogen and oxygen atoms in total. The van der Waals surface area contributed by atoms with Gasteiger partial charge in [0.15, 0.2) is 0 Å². The van der Waals surface area contributed by atoms with E-state index in [9.17, 15) is 14.7 Å². The molecule has 2 saturated heterocycles. The minimum Gasteiger partial charge on any atom is -0.477 e. The number of carbonyl (C=O) groups is 1. The lowest BCUT2D eigenvalue weighted by Crippen LogP contribution is -2.47. The van der Waals surface area contributed by atoms with Crippen molar-refractivity contribution in [1.29, 1.82) is 0 Å². The average molecular weight is 575 g/mol. The zero-order chi connectivity index (χ0) is 28.7. The number of piperazine rings is 1. The van der Waals surface area contributed by atoms with Gasteiger partial charge in [0.05, 0.1) is 21.6 Å². The van der Waals surface area contributed by atoms with Crippen molar-refractivity contribution in [2.24, 2.45) is 0 Å². The summed E-state index contributed by atoms with van der Waals surface area (Å²) in [5, 5.41) is 9.81. The first-order chi connectivity index (χ1) is 19.8. The van der Waals surface area contributed by atoms with E-state index in [1.54, 1.807) is 4.57 Å². The number of rotatable bonds is 6. The molecule has 0 aliphatic carbocycles. The summed E-state index contributed by atoms with van der Waals surface area (Å²) in [6, 6.07) is 17.1. The molecule has 41 heavy (non-hydrogen) atoms. The first-order valence-corrected chi connectivity index (χ1v) is 14.4. The quantitative estimate of drug-likeness (QED) is 0.318. The third-order valence-corrected chi connectivity index (χ3v) is 8.62. The molecule has 1 N–H and O–H groups in total. The fraction of sp³-hybridized carbons (Fsp3) is 0.312. The summed E-state index contributed by atoms with van der Waals surface area (Å²) in [6.07, 6.45) is 3.71. The number of halogens is 2. The normalized spacial score (nSPS) is 16.1. The van der Waals surface area contributed by atoms with Crippen LogP contribution in [0, 0.1) is 12.7 Å². The number of hydrogen-bond donors (Lipinski definition) is 1. The summed E-state index contributed by atoms with van der Waals surface area (Å²) in [5.74, 6) is -2.01. The second-order valence-electron chi connectivity index (χ2n) is 10.9. The van der Waals surface area contributed by atoms with Crippen LogP contribution in [0.4, 0.5) is 15.8 Å². The lowest BCUT2D eigenvalue weighted by molar-refractivity contribution is 0.0695. The molecule has 0 atom stereocenters. The SMILES string of the molecule is Cc1ccccc1N1CCN(c2c(F)cc3c(=O)c(C(=O)O)cn(-c4ccc(CN5CCCC5)cc4)c3c2Cl)CC1. The molecule has 2 fully saturated rings. The van der Waals surface area contributed by atoms with E-state index in [0.29, 0.717) is 37.4 Å². The topological polar surface area (TPSA) is 69.0 Å². The Morgan fingerprint density at radius 1 is 0.951 bits per heavy atom. The number of carboxylic acids is 1. The number of hydrogen-bond acceptors (Lipinski definition) is 5. The largest absolute Gasteiger partial charge is 0.477 e. The number of carboxylic acid groups (broad SMARTS) is 1. The van der Waals surface area contributed by atoms with Crippen LogP contribution in [-0.2, 0) is 6.54 Å². The van der Waals surface area contributed by atoms with Gasteiger partial charge in [0.25, 0.3) is 0 Å². The summed E-state index contributed by atoms with van der Waals surface area (Å²) in [5.41, 5.74) is 3.45. The predicted octanol–water partition coefficient (Wildman–Crippen LogP) is 5.71. The molecule has 9 heteroatoms. The fourth-order valence-electron chi connectivity index (χ4n) is 6.10. The molecular formula is C32H32ClFN4O3. The predicted molar refractivity (Wildman–Crippen MR) is 162 cm³/mol. The van der Waals surface area contributed by atoms with Gasteiger partial charge < -0.3 is 19.5 Å². The number of para-hydroxylation sites is 1. The lowest BCUT2D eigenvalue weighted by atomic mass is 10.1. The lowest BCUT2D eigenvalue weighted by Gasteiger charge is -2.38. The van der Waals surface area contributed by atoms with Gasteiger partial charge in [0.2, 0.25) is 5.43 Å². The number of nitrogens with zero attached hydrogens (tertiary/aromatic N) is 4. The van der Waals surface area contributed by atoms with E-state index in [0.717, 1.165) is 37.0 Å². The van der Waals surface area contributed by atoms with Crippen LogP contribution in [-0.4, -0.2) is 59.8 Å². The molecule has 0 radical (unpaired) electrons. The van der Waals surface area contributed by atoms with Crippen molar-refractivity contribution in [3.05, 3.63) is 98.5 Å². The van der Waals surface area contributed by atoms with Crippen LogP contribution < -0.4 is 15.2 Å². The second-order valence-corrected chi connectivity index (χ2v) is 11.3. The smallest absolute Gasteiger partial charge is 0.341 e. The minimum atomic E-state index is -1.37. The maximum absolute atomic E-state index is 15.7. The van der Waals surface area contributed by atoms with Gasteiger partial charge in [-0.25, -0.2) is 9.18 Å². The van der Waals surface area contributed by atoms with E-state index < -0.39 is 22.8 Å². The average Bonchev–Trinajstić information content (AvgIpc) is 3.48. The Morgan fingerprint density at radius 3 is 2.27 bits per heavy atom. The third-order valence-electron chi connectivity index (χ3n) is 8.26. The van der Waals surface area contributed by atoms with E-state index in [4.69, 9.17) is 11.6 Å². The highest BCUT2D eigenvalue weighted by atomic mass is 35.5. The molecule has 3 aromatic carbocycles. The zero-order valence-electron chi connectivity index (χ0n) is 22.9. The maximum Gasteiger partial charge on any atom is 0.341 e. The Hall–Kier alpha value is -3.88. The van der Waals surface area contributed by atoms with Crippen LogP contribution in [0.1, 0.15) is 34.3 Å². The Kier molecular flexibility index (Phi) is 7.45. The number of anilines is 2. The highest BCUT2D eigenvalue weighted by molar-refractivity contribution is 6.38. The second kappa shape index (κ2) is 11.2. The van der Waals surface area contributed by atoms with Gasteiger partial charge in [-0.2, -0.15) is 0 Å². The Morgan fingerprint density at radius 2 is 1.61 bits per heavy atom. The number of pyridine rings is 1. The molecule has 3 heterocycles. The molecular weight excluding hydrogens is 543 g/mol. The van der Waals surface area contributed by atoms with Crippen LogP contribution in [0.25, 0.3) is 16.6 Å². The standard InChI is InChI=1S/C32H32ClFN4O3/c1-21-6-2-3-7-27(21)36-14-16-37(17-15-36)30-26(34)18-24-29(28(30)33)38(20-25(31(24)39)32(40)41)23-10-8-22(9-11-23)19-35-12-4-5-13-35/h2-3,6-11,18,20H,4-5,12-17,19H2,1H3,(H,40,41). The maximum atomic E-state index is 15.7. The van der Waals surface area contributed by atoms with Gasteiger partial charge in [-0.15, -0.1) is 0 Å². The molecule has 0 unspecified atom stereocenters. The van der Waals surface area contributed by atoms with Gasteiger partial charge >= 0.3 is 5.97 Å². The highest BCUT2D eigenvalue weighted by Gasteiger charge is 2.27. The molecule has 212 valence electrons. The van der Waals surface area contributed by atoms with E-state index in [-0.39, 0.29) is 16.1 Å².